The summed E-state index contributed by atoms with van der Waals surface area (Å²) in [6, 6.07) is 15.8. The first kappa shape index (κ1) is 15.8. The number of para-hydroxylation sites is 1. The lowest BCUT2D eigenvalue weighted by Gasteiger charge is -2.17. The Labute approximate surface area is 144 Å². The molecule has 1 aliphatic carbocycles. The van der Waals surface area contributed by atoms with Gasteiger partial charge in [0.15, 0.2) is 0 Å². The van der Waals surface area contributed by atoms with Crippen molar-refractivity contribution in [1.82, 2.24) is 5.32 Å². The van der Waals surface area contributed by atoms with Crippen LogP contribution in [0.5, 0.6) is 5.75 Å². The highest BCUT2D eigenvalue weighted by atomic mass is 79.9. The molecule has 23 heavy (non-hydrogen) atoms. The third kappa shape index (κ3) is 3.64. The minimum Gasteiger partial charge on any atom is -0.496 e. The van der Waals surface area contributed by atoms with Gasteiger partial charge in [0.05, 0.1) is 12.6 Å². The first-order chi connectivity index (χ1) is 11.1. The molecule has 0 saturated heterocycles. The van der Waals surface area contributed by atoms with Gasteiger partial charge in [0, 0.05) is 16.1 Å². The van der Waals surface area contributed by atoms with Crippen LogP contribution in [0.15, 0.2) is 59.1 Å². The second-order valence-corrected chi connectivity index (χ2v) is 6.57. The average molecular weight is 372 g/mol. The van der Waals surface area contributed by atoms with Crippen LogP contribution < -0.4 is 10.1 Å². The van der Waals surface area contributed by atoms with Gasteiger partial charge in [-0.05, 0) is 42.7 Å². The first-order valence-corrected chi connectivity index (χ1v) is 8.31. The van der Waals surface area contributed by atoms with E-state index >= 15 is 0 Å². The van der Waals surface area contributed by atoms with Gasteiger partial charge in [0.25, 0.3) is 0 Å². The average Bonchev–Trinajstić information content (AvgIpc) is 3.34. The van der Waals surface area contributed by atoms with E-state index in [0.717, 1.165) is 34.2 Å². The SMILES string of the molecule is COc1ccccc1/C=C/C(=O)NC1(c2ccc(Br)cc2)CC1. The molecule has 3 nitrogen and oxygen atoms in total. The number of nitrogens with one attached hydrogen (secondary N) is 1. The van der Waals surface area contributed by atoms with Crippen LogP contribution >= 0.6 is 15.9 Å². The van der Waals surface area contributed by atoms with Gasteiger partial charge in [-0.15, -0.1) is 0 Å². The molecule has 0 radical (unpaired) electrons. The Balaban J connectivity index is 1.70. The Morgan fingerprint density at radius 3 is 2.52 bits per heavy atom. The maximum absolute atomic E-state index is 12.3. The number of benzene rings is 2. The van der Waals surface area contributed by atoms with Gasteiger partial charge >= 0.3 is 0 Å². The highest BCUT2D eigenvalue weighted by Crippen LogP contribution is 2.45. The minimum atomic E-state index is -0.205. The fourth-order valence-corrected chi connectivity index (χ4v) is 2.89. The molecule has 1 N–H and O–H groups in total. The van der Waals surface area contributed by atoms with Crippen molar-refractivity contribution in [3.05, 3.63) is 70.2 Å². The predicted molar refractivity (Wildman–Crippen MR) is 95.2 cm³/mol. The summed E-state index contributed by atoms with van der Waals surface area (Å²) >= 11 is 3.44. The molecule has 0 atom stereocenters. The number of hydrogen-bond donors (Lipinski definition) is 1. The Bertz CT molecular complexity index is 733. The van der Waals surface area contributed by atoms with Gasteiger partial charge < -0.3 is 10.1 Å². The van der Waals surface area contributed by atoms with Crippen molar-refractivity contribution in [3.63, 3.8) is 0 Å². The molecule has 1 fully saturated rings. The molecule has 0 bridgehead atoms. The van der Waals surface area contributed by atoms with Gasteiger partial charge in [-0.2, -0.15) is 0 Å². The molecule has 2 aromatic carbocycles. The van der Waals surface area contributed by atoms with Gasteiger partial charge in [-0.25, -0.2) is 0 Å². The predicted octanol–water partition coefficient (Wildman–Crippen LogP) is 4.28. The van der Waals surface area contributed by atoms with Gasteiger partial charge in [0.1, 0.15) is 5.75 Å². The van der Waals surface area contributed by atoms with Crippen LogP contribution in [0.1, 0.15) is 24.0 Å². The second kappa shape index (κ2) is 6.59. The number of methoxy groups -OCH3 is 1. The number of carbonyl (C=O) groups is 1. The van der Waals surface area contributed by atoms with Crippen LogP contribution in [0.3, 0.4) is 0 Å². The highest BCUT2D eigenvalue weighted by Gasteiger charge is 2.45. The molecule has 0 heterocycles. The lowest BCUT2D eigenvalue weighted by molar-refractivity contribution is -0.117. The largest absolute Gasteiger partial charge is 0.496 e. The molecule has 0 unspecified atom stereocenters. The van der Waals surface area contributed by atoms with Gasteiger partial charge in [0.2, 0.25) is 5.91 Å². The third-order valence-electron chi connectivity index (χ3n) is 4.06. The fraction of sp³-hybridized carbons (Fsp3) is 0.211. The van der Waals surface area contributed by atoms with E-state index in [2.05, 4.69) is 33.4 Å². The van der Waals surface area contributed by atoms with Crippen molar-refractivity contribution in [2.45, 2.75) is 18.4 Å². The normalized spacial score (nSPS) is 15.4. The zero-order valence-electron chi connectivity index (χ0n) is 12.9. The van der Waals surface area contributed by atoms with Crippen LogP contribution in [0.4, 0.5) is 0 Å². The third-order valence-corrected chi connectivity index (χ3v) is 4.59. The van der Waals surface area contributed by atoms with Crippen molar-refractivity contribution in [1.29, 1.82) is 0 Å². The summed E-state index contributed by atoms with van der Waals surface area (Å²) in [6.07, 6.45) is 5.30. The maximum Gasteiger partial charge on any atom is 0.244 e. The smallest absolute Gasteiger partial charge is 0.244 e. The molecule has 0 spiro atoms. The molecular formula is C19H18BrNO2. The van der Waals surface area contributed by atoms with Crippen molar-refractivity contribution >= 4 is 27.9 Å². The number of amides is 1. The molecule has 2 aromatic rings. The molecule has 1 saturated carbocycles. The second-order valence-electron chi connectivity index (χ2n) is 5.65. The maximum atomic E-state index is 12.3. The van der Waals surface area contributed by atoms with Crippen molar-refractivity contribution in [3.8, 4) is 5.75 Å². The van der Waals surface area contributed by atoms with Crippen LogP contribution in [0, 0.1) is 0 Å². The topological polar surface area (TPSA) is 38.3 Å². The van der Waals surface area contributed by atoms with E-state index < -0.39 is 0 Å². The van der Waals surface area contributed by atoms with Crippen molar-refractivity contribution in [2.75, 3.05) is 7.11 Å². The van der Waals surface area contributed by atoms with E-state index in [1.54, 1.807) is 19.3 Å². The highest BCUT2D eigenvalue weighted by molar-refractivity contribution is 9.10. The Kier molecular flexibility index (Phi) is 4.53. The molecule has 3 rings (SSSR count). The van der Waals surface area contributed by atoms with Gasteiger partial charge in [-0.1, -0.05) is 46.3 Å². The van der Waals surface area contributed by atoms with E-state index in [9.17, 15) is 4.79 Å². The summed E-state index contributed by atoms with van der Waals surface area (Å²) in [6.45, 7) is 0. The molecule has 1 amide bonds. The van der Waals surface area contributed by atoms with Crippen molar-refractivity contribution in [2.24, 2.45) is 0 Å². The molecular weight excluding hydrogens is 354 g/mol. The monoisotopic (exact) mass is 371 g/mol. The Morgan fingerprint density at radius 2 is 1.87 bits per heavy atom. The molecule has 118 valence electrons. The Morgan fingerprint density at radius 1 is 1.17 bits per heavy atom. The molecule has 0 aromatic heterocycles. The molecule has 0 aliphatic heterocycles. The van der Waals surface area contributed by atoms with E-state index in [-0.39, 0.29) is 11.4 Å². The summed E-state index contributed by atoms with van der Waals surface area (Å²) in [5.74, 6) is 0.668. The number of halogens is 1. The van der Waals surface area contributed by atoms with Crippen LogP contribution in [0.25, 0.3) is 6.08 Å². The first-order valence-electron chi connectivity index (χ1n) is 7.52. The van der Waals surface area contributed by atoms with E-state index in [1.165, 1.54) is 0 Å². The van der Waals surface area contributed by atoms with E-state index in [1.807, 2.05) is 36.4 Å². The fourth-order valence-electron chi connectivity index (χ4n) is 2.63. The number of ether oxygens (including phenoxy) is 1. The zero-order valence-corrected chi connectivity index (χ0v) is 14.5. The lowest BCUT2D eigenvalue weighted by Crippen LogP contribution is -2.33. The van der Waals surface area contributed by atoms with Crippen LogP contribution in [-0.4, -0.2) is 13.0 Å². The zero-order chi connectivity index (χ0) is 16.3. The molecule has 1 aliphatic rings. The van der Waals surface area contributed by atoms with Gasteiger partial charge in [-0.3, -0.25) is 4.79 Å². The summed E-state index contributed by atoms with van der Waals surface area (Å²) < 4.78 is 6.33. The Hall–Kier alpha value is -2.07. The lowest BCUT2D eigenvalue weighted by atomic mass is 10.1. The summed E-state index contributed by atoms with van der Waals surface area (Å²) in [7, 11) is 1.62. The van der Waals surface area contributed by atoms with Crippen LogP contribution in [-0.2, 0) is 10.3 Å². The number of rotatable bonds is 5. The summed E-state index contributed by atoms with van der Waals surface area (Å²) in [5, 5.41) is 3.13. The summed E-state index contributed by atoms with van der Waals surface area (Å²) in [4.78, 5) is 12.3. The minimum absolute atomic E-state index is 0.0867. The quantitative estimate of drug-likeness (QED) is 0.796. The van der Waals surface area contributed by atoms with Crippen LogP contribution in [0.2, 0.25) is 0 Å². The van der Waals surface area contributed by atoms with E-state index in [0.29, 0.717) is 0 Å². The number of hydrogen-bond acceptors (Lipinski definition) is 2. The standard InChI is InChI=1S/C19H18BrNO2/c1-23-17-5-3-2-4-14(17)6-11-18(22)21-19(12-13-19)15-7-9-16(20)10-8-15/h2-11H,12-13H2,1H3,(H,21,22)/b11-6+. The number of carbonyl (C=O) groups excluding carboxylic acids is 1. The molecule has 4 heteroatoms. The van der Waals surface area contributed by atoms with Crippen molar-refractivity contribution < 1.29 is 9.53 Å². The van der Waals surface area contributed by atoms with E-state index in [4.69, 9.17) is 4.74 Å². The summed E-state index contributed by atoms with van der Waals surface area (Å²) in [5.41, 5.74) is 1.83.